The average molecular weight is 306 g/mol. The normalized spacial score (nSPS) is 19.6. The van der Waals surface area contributed by atoms with Crippen molar-refractivity contribution in [1.82, 2.24) is 0 Å². The second-order valence-electron chi connectivity index (χ2n) is 5.88. The fraction of sp³-hybridized carbons (Fsp3) is 0.611. The van der Waals surface area contributed by atoms with Crippen LogP contribution in [-0.4, -0.2) is 32.1 Å². The second kappa shape index (κ2) is 9.59. The lowest BCUT2D eigenvalue weighted by atomic mass is 10.1. The Bertz CT molecular complexity index is 426. The van der Waals surface area contributed by atoms with E-state index >= 15 is 0 Å². The molecule has 2 rings (SSSR count). The molecule has 0 aromatic heterocycles. The summed E-state index contributed by atoms with van der Waals surface area (Å²) >= 11 is 0. The third-order valence-electron chi connectivity index (χ3n) is 3.79. The number of ether oxygens (including phenoxy) is 3. The van der Waals surface area contributed by atoms with Crippen LogP contribution in [0.25, 0.3) is 0 Å². The monoisotopic (exact) mass is 306 g/mol. The molecule has 0 aliphatic carbocycles. The Labute approximate surface area is 132 Å². The van der Waals surface area contributed by atoms with Gasteiger partial charge in [0.15, 0.2) is 6.29 Å². The second-order valence-corrected chi connectivity index (χ2v) is 5.88. The average Bonchev–Trinajstić information content (AvgIpc) is 2.58. The lowest BCUT2D eigenvalue weighted by molar-refractivity contribution is -0.163. The van der Waals surface area contributed by atoms with Crippen molar-refractivity contribution in [1.29, 1.82) is 0 Å². The van der Waals surface area contributed by atoms with Crippen molar-refractivity contribution in [3.63, 3.8) is 0 Å². The van der Waals surface area contributed by atoms with Gasteiger partial charge < -0.3 is 14.2 Å². The van der Waals surface area contributed by atoms with Crippen LogP contribution in [0.5, 0.6) is 0 Å². The quantitative estimate of drug-likeness (QED) is 0.541. The van der Waals surface area contributed by atoms with Crippen LogP contribution < -0.4 is 0 Å². The third kappa shape index (κ3) is 6.16. The summed E-state index contributed by atoms with van der Waals surface area (Å²) < 4.78 is 16.6. The molecular weight excluding hydrogens is 280 g/mol. The van der Waals surface area contributed by atoms with Crippen LogP contribution in [-0.2, 0) is 14.2 Å². The zero-order valence-electron chi connectivity index (χ0n) is 13.3. The zero-order chi connectivity index (χ0) is 15.6. The maximum atomic E-state index is 11.8. The van der Waals surface area contributed by atoms with Gasteiger partial charge in [-0.3, -0.25) is 0 Å². The van der Waals surface area contributed by atoms with Gasteiger partial charge in [-0.15, -0.1) is 0 Å². The molecular formula is C18H26O4. The van der Waals surface area contributed by atoms with Crippen LogP contribution >= 0.6 is 0 Å². The summed E-state index contributed by atoms with van der Waals surface area (Å²) in [7, 11) is 0. The Morgan fingerprint density at radius 3 is 2.86 bits per heavy atom. The van der Waals surface area contributed by atoms with Gasteiger partial charge in [-0.2, -0.15) is 0 Å². The first-order chi connectivity index (χ1) is 10.8. The standard InChI is InChI=1S/C18H26O4/c1-15(8-7-13-21-17-11-5-6-12-20-17)14-22-18(19)16-9-3-2-4-10-16/h2-4,9-10,15,17H,5-8,11-14H2,1H3/t15-,17?/m0/s1. The first-order valence-electron chi connectivity index (χ1n) is 8.21. The molecule has 1 heterocycles. The number of rotatable bonds is 8. The van der Waals surface area contributed by atoms with E-state index in [0.717, 1.165) is 32.3 Å². The summed E-state index contributed by atoms with van der Waals surface area (Å²) in [6, 6.07) is 9.10. The SMILES string of the molecule is C[C@@H](CCCOC1CCCCO1)COC(=O)c1ccccc1. The number of esters is 1. The Kier molecular flexibility index (Phi) is 7.40. The van der Waals surface area contributed by atoms with Crippen LogP contribution in [0.15, 0.2) is 30.3 Å². The van der Waals surface area contributed by atoms with Gasteiger partial charge in [-0.1, -0.05) is 25.1 Å². The molecule has 2 atom stereocenters. The molecule has 1 saturated heterocycles. The molecule has 1 fully saturated rings. The van der Waals surface area contributed by atoms with Gasteiger partial charge >= 0.3 is 5.97 Å². The first-order valence-corrected chi connectivity index (χ1v) is 8.21. The Hall–Kier alpha value is -1.39. The fourth-order valence-corrected chi connectivity index (χ4v) is 2.45. The maximum absolute atomic E-state index is 11.8. The predicted octanol–water partition coefficient (Wildman–Crippen LogP) is 3.80. The number of hydrogen-bond donors (Lipinski definition) is 0. The van der Waals surface area contributed by atoms with Crippen molar-refractivity contribution >= 4 is 5.97 Å². The number of carbonyl (C=O) groups excluding carboxylic acids is 1. The summed E-state index contributed by atoms with van der Waals surface area (Å²) in [5, 5.41) is 0. The largest absolute Gasteiger partial charge is 0.462 e. The molecule has 0 amide bonds. The van der Waals surface area contributed by atoms with Gasteiger partial charge in [0.1, 0.15) is 0 Å². The van der Waals surface area contributed by atoms with E-state index in [9.17, 15) is 4.79 Å². The topological polar surface area (TPSA) is 44.8 Å². The Balaban J connectivity index is 1.54. The lowest BCUT2D eigenvalue weighted by Crippen LogP contribution is -2.23. The molecule has 1 aliphatic rings. The highest BCUT2D eigenvalue weighted by Crippen LogP contribution is 2.15. The highest BCUT2D eigenvalue weighted by Gasteiger charge is 2.14. The van der Waals surface area contributed by atoms with Crippen molar-refractivity contribution in [2.75, 3.05) is 19.8 Å². The van der Waals surface area contributed by atoms with E-state index in [1.54, 1.807) is 12.1 Å². The van der Waals surface area contributed by atoms with Crippen molar-refractivity contribution in [3.8, 4) is 0 Å². The third-order valence-corrected chi connectivity index (χ3v) is 3.79. The van der Waals surface area contributed by atoms with Gasteiger partial charge in [0.05, 0.1) is 12.2 Å². The molecule has 4 nitrogen and oxygen atoms in total. The van der Waals surface area contributed by atoms with E-state index in [1.807, 2.05) is 18.2 Å². The number of benzene rings is 1. The molecule has 1 unspecified atom stereocenters. The molecule has 1 aliphatic heterocycles. The van der Waals surface area contributed by atoms with Crippen molar-refractivity contribution in [2.24, 2.45) is 5.92 Å². The highest BCUT2D eigenvalue weighted by atomic mass is 16.7. The summed E-state index contributed by atoms with van der Waals surface area (Å²) in [5.74, 6) is 0.0860. The van der Waals surface area contributed by atoms with Crippen LogP contribution in [0.4, 0.5) is 0 Å². The fourth-order valence-electron chi connectivity index (χ4n) is 2.45. The minimum atomic E-state index is -0.251. The summed E-state index contributed by atoms with van der Waals surface area (Å²) in [6.45, 7) is 4.07. The number of carbonyl (C=O) groups is 1. The van der Waals surface area contributed by atoms with Gasteiger partial charge in [0.2, 0.25) is 0 Å². The molecule has 122 valence electrons. The number of hydrogen-bond acceptors (Lipinski definition) is 4. The molecule has 0 bridgehead atoms. The van der Waals surface area contributed by atoms with E-state index in [-0.39, 0.29) is 12.3 Å². The first kappa shape index (κ1) is 17.0. The molecule has 4 heteroatoms. The predicted molar refractivity (Wildman–Crippen MR) is 84.7 cm³/mol. The lowest BCUT2D eigenvalue weighted by Gasteiger charge is -2.22. The Morgan fingerprint density at radius 2 is 2.14 bits per heavy atom. The van der Waals surface area contributed by atoms with Gasteiger partial charge in [-0.05, 0) is 50.2 Å². The Morgan fingerprint density at radius 1 is 1.32 bits per heavy atom. The minimum Gasteiger partial charge on any atom is -0.462 e. The molecule has 1 aromatic rings. The van der Waals surface area contributed by atoms with Crippen molar-refractivity contribution in [2.45, 2.75) is 45.3 Å². The smallest absolute Gasteiger partial charge is 0.338 e. The molecule has 0 N–H and O–H groups in total. The molecule has 0 radical (unpaired) electrons. The van der Waals surface area contributed by atoms with E-state index in [4.69, 9.17) is 14.2 Å². The van der Waals surface area contributed by atoms with Crippen molar-refractivity contribution in [3.05, 3.63) is 35.9 Å². The van der Waals surface area contributed by atoms with Crippen molar-refractivity contribution < 1.29 is 19.0 Å². The molecule has 22 heavy (non-hydrogen) atoms. The van der Waals surface area contributed by atoms with E-state index < -0.39 is 0 Å². The van der Waals surface area contributed by atoms with Crippen LogP contribution in [0.1, 0.15) is 49.4 Å². The van der Waals surface area contributed by atoms with Gasteiger partial charge in [-0.25, -0.2) is 4.79 Å². The summed E-state index contributed by atoms with van der Waals surface area (Å²) in [5.41, 5.74) is 0.604. The maximum Gasteiger partial charge on any atom is 0.338 e. The van der Waals surface area contributed by atoms with E-state index in [1.165, 1.54) is 6.42 Å². The van der Waals surface area contributed by atoms with Gasteiger partial charge in [0, 0.05) is 13.2 Å². The van der Waals surface area contributed by atoms with Gasteiger partial charge in [0.25, 0.3) is 0 Å². The molecule has 1 aromatic carbocycles. The van der Waals surface area contributed by atoms with E-state index in [0.29, 0.717) is 24.7 Å². The highest BCUT2D eigenvalue weighted by molar-refractivity contribution is 5.89. The van der Waals surface area contributed by atoms with E-state index in [2.05, 4.69) is 6.92 Å². The molecule has 0 saturated carbocycles. The van der Waals surface area contributed by atoms with Crippen LogP contribution in [0.2, 0.25) is 0 Å². The van der Waals surface area contributed by atoms with Crippen LogP contribution in [0, 0.1) is 5.92 Å². The summed E-state index contributed by atoms with van der Waals surface area (Å²) in [6.07, 6.45) is 5.27. The summed E-state index contributed by atoms with van der Waals surface area (Å²) in [4.78, 5) is 11.8. The molecule has 0 spiro atoms. The minimum absolute atomic E-state index is 0.0139. The zero-order valence-corrected chi connectivity index (χ0v) is 13.3. The van der Waals surface area contributed by atoms with Crippen LogP contribution in [0.3, 0.4) is 0 Å².